The van der Waals surface area contributed by atoms with Gasteiger partial charge in [-0.1, -0.05) is 64.5 Å². The summed E-state index contributed by atoms with van der Waals surface area (Å²) in [7, 11) is 0. The van der Waals surface area contributed by atoms with Gasteiger partial charge in [0.2, 0.25) is 0 Å². The van der Waals surface area contributed by atoms with Gasteiger partial charge in [-0.15, -0.1) is 0 Å². The number of nitrogens with zero attached hydrogens (tertiary/aromatic N) is 4. The predicted octanol–water partition coefficient (Wildman–Crippen LogP) is 5.50. The molecule has 5 nitrogen and oxygen atoms in total. The average Bonchev–Trinajstić information content (AvgIpc) is 3.28. The SMILES string of the molecule is O=c1c2ccccc2nc(-c2ccccc2)n1N=Cc1cccn1-c1cccc(Br)c1. The third kappa shape index (κ3) is 3.73. The molecular weight excluding hydrogens is 452 g/mol. The van der Waals surface area contributed by atoms with Gasteiger partial charge in [0.1, 0.15) is 0 Å². The molecule has 0 atom stereocenters. The number of halogens is 1. The van der Waals surface area contributed by atoms with E-state index in [1.165, 1.54) is 4.68 Å². The first-order valence-corrected chi connectivity index (χ1v) is 10.5. The van der Waals surface area contributed by atoms with Crippen LogP contribution < -0.4 is 5.56 Å². The monoisotopic (exact) mass is 468 g/mol. The van der Waals surface area contributed by atoms with Crippen molar-refractivity contribution in [3.8, 4) is 17.1 Å². The number of hydrogen-bond donors (Lipinski definition) is 0. The fourth-order valence-electron chi connectivity index (χ4n) is 3.48. The fourth-order valence-corrected chi connectivity index (χ4v) is 3.87. The van der Waals surface area contributed by atoms with E-state index in [2.05, 4.69) is 21.0 Å². The fraction of sp³-hybridized carbons (Fsp3) is 0. The molecular formula is C25H17BrN4O. The molecule has 5 rings (SSSR count). The van der Waals surface area contributed by atoms with Crippen LogP contribution in [0, 0.1) is 0 Å². The first kappa shape index (κ1) is 19.2. The van der Waals surface area contributed by atoms with E-state index in [-0.39, 0.29) is 5.56 Å². The molecule has 0 saturated heterocycles. The molecule has 2 heterocycles. The van der Waals surface area contributed by atoms with Gasteiger partial charge >= 0.3 is 0 Å². The Balaban J connectivity index is 1.67. The summed E-state index contributed by atoms with van der Waals surface area (Å²) in [6.07, 6.45) is 3.65. The highest BCUT2D eigenvalue weighted by Gasteiger charge is 2.12. The van der Waals surface area contributed by atoms with E-state index < -0.39 is 0 Å². The zero-order valence-corrected chi connectivity index (χ0v) is 18.0. The van der Waals surface area contributed by atoms with Crippen LogP contribution in [-0.4, -0.2) is 20.4 Å². The minimum absolute atomic E-state index is 0.207. The normalized spacial score (nSPS) is 11.4. The van der Waals surface area contributed by atoms with Gasteiger partial charge in [-0.2, -0.15) is 9.78 Å². The molecule has 0 bridgehead atoms. The molecule has 31 heavy (non-hydrogen) atoms. The van der Waals surface area contributed by atoms with E-state index in [0.717, 1.165) is 21.4 Å². The molecule has 0 radical (unpaired) electrons. The van der Waals surface area contributed by atoms with Crippen molar-refractivity contribution >= 4 is 33.0 Å². The molecule has 0 aliphatic rings. The van der Waals surface area contributed by atoms with E-state index in [1.54, 1.807) is 12.3 Å². The maximum absolute atomic E-state index is 13.3. The van der Waals surface area contributed by atoms with Crippen LogP contribution in [0.3, 0.4) is 0 Å². The van der Waals surface area contributed by atoms with Crippen molar-refractivity contribution in [2.75, 3.05) is 0 Å². The summed E-state index contributed by atoms with van der Waals surface area (Å²) in [4.78, 5) is 18.0. The van der Waals surface area contributed by atoms with Crippen molar-refractivity contribution in [3.05, 3.63) is 118 Å². The number of rotatable bonds is 4. The van der Waals surface area contributed by atoms with E-state index in [4.69, 9.17) is 4.98 Å². The molecule has 0 aliphatic heterocycles. The summed E-state index contributed by atoms with van der Waals surface area (Å²) in [5.41, 5.74) is 3.10. The van der Waals surface area contributed by atoms with Crippen molar-refractivity contribution in [1.82, 2.24) is 14.2 Å². The highest BCUT2D eigenvalue weighted by Crippen LogP contribution is 2.20. The molecule has 0 amide bonds. The third-order valence-electron chi connectivity index (χ3n) is 4.96. The second-order valence-electron chi connectivity index (χ2n) is 6.96. The molecule has 0 fully saturated rings. The average molecular weight is 469 g/mol. The lowest BCUT2D eigenvalue weighted by atomic mass is 10.2. The van der Waals surface area contributed by atoms with E-state index >= 15 is 0 Å². The Bertz CT molecular complexity index is 1470. The Labute approximate surface area is 187 Å². The standard InChI is InChI=1S/C25H17BrN4O/c26-19-10-6-11-20(16-19)29-15-7-12-21(29)17-27-30-24(18-8-2-1-3-9-18)28-23-14-5-4-13-22(23)25(30)31/h1-17H. The summed E-state index contributed by atoms with van der Waals surface area (Å²) in [5, 5.41) is 5.10. The van der Waals surface area contributed by atoms with Crippen LogP contribution in [0.1, 0.15) is 5.69 Å². The van der Waals surface area contributed by atoms with Gasteiger partial charge in [-0.25, -0.2) is 4.98 Å². The van der Waals surface area contributed by atoms with Gasteiger partial charge in [0.25, 0.3) is 5.56 Å². The lowest BCUT2D eigenvalue weighted by Gasteiger charge is -2.10. The number of fused-ring (bicyclic) bond motifs is 1. The number of hydrogen-bond acceptors (Lipinski definition) is 3. The van der Waals surface area contributed by atoms with Crippen LogP contribution in [0.25, 0.3) is 28.0 Å². The maximum atomic E-state index is 13.3. The third-order valence-corrected chi connectivity index (χ3v) is 5.45. The van der Waals surface area contributed by atoms with Gasteiger partial charge in [0.05, 0.1) is 22.8 Å². The van der Waals surface area contributed by atoms with Gasteiger partial charge < -0.3 is 4.57 Å². The summed E-state index contributed by atoms with van der Waals surface area (Å²) in [6.45, 7) is 0. The summed E-state index contributed by atoms with van der Waals surface area (Å²) in [6, 6.07) is 28.8. The highest BCUT2D eigenvalue weighted by molar-refractivity contribution is 9.10. The van der Waals surface area contributed by atoms with Gasteiger partial charge in [-0.3, -0.25) is 4.79 Å². The number of aromatic nitrogens is 3. The number of para-hydroxylation sites is 1. The van der Waals surface area contributed by atoms with Crippen LogP contribution in [-0.2, 0) is 0 Å². The van der Waals surface area contributed by atoms with Gasteiger partial charge in [-0.05, 0) is 42.5 Å². The summed E-state index contributed by atoms with van der Waals surface area (Å²) >= 11 is 3.52. The van der Waals surface area contributed by atoms with Crippen molar-refractivity contribution in [2.45, 2.75) is 0 Å². The van der Waals surface area contributed by atoms with Gasteiger partial charge in [0.15, 0.2) is 5.82 Å². The smallest absolute Gasteiger partial charge is 0.282 e. The second kappa shape index (κ2) is 8.16. The van der Waals surface area contributed by atoms with E-state index in [9.17, 15) is 4.79 Å². The molecule has 6 heteroatoms. The first-order chi connectivity index (χ1) is 15.2. The van der Waals surface area contributed by atoms with Gasteiger partial charge in [0, 0.05) is 21.9 Å². The summed E-state index contributed by atoms with van der Waals surface area (Å²) in [5.74, 6) is 0.501. The van der Waals surface area contributed by atoms with Crippen LogP contribution >= 0.6 is 15.9 Å². The lowest BCUT2D eigenvalue weighted by molar-refractivity contribution is 0.828. The largest absolute Gasteiger partial charge is 0.316 e. The number of benzene rings is 3. The zero-order chi connectivity index (χ0) is 21.2. The molecule has 0 N–H and O–H groups in total. The first-order valence-electron chi connectivity index (χ1n) is 9.75. The van der Waals surface area contributed by atoms with Crippen molar-refractivity contribution in [1.29, 1.82) is 0 Å². The quantitative estimate of drug-likeness (QED) is 0.327. The molecule has 5 aromatic rings. The molecule has 150 valence electrons. The van der Waals surface area contributed by atoms with E-state index in [1.807, 2.05) is 95.7 Å². The Morgan fingerprint density at radius 1 is 0.871 bits per heavy atom. The molecule has 0 aliphatic carbocycles. The molecule has 2 aromatic heterocycles. The Kier molecular flexibility index (Phi) is 5.06. The molecule has 0 spiro atoms. The highest BCUT2D eigenvalue weighted by atomic mass is 79.9. The molecule has 3 aromatic carbocycles. The van der Waals surface area contributed by atoms with Crippen LogP contribution in [0.5, 0.6) is 0 Å². The van der Waals surface area contributed by atoms with Crippen LogP contribution in [0.15, 0.2) is 112 Å². The van der Waals surface area contributed by atoms with Crippen LogP contribution in [0.4, 0.5) is 0 Å². The topological polar surface area (TPSA) is 52.2 Å². The van der Waals surface area contributed by atoms with E-state index in [0.29, 0.717) is 16.7 Å². The minimum atomic E-state index is -0.207. The summed E-state index contributed by atoms with van der Waals surface area (Å²) < 4.78 is 4.37. The van der Waals surface area contributed by atoms with Crippen molar-refractivity contribution < 1.29 is 0 Å². The minimum Gasteiger partial charge on any atom is -0.316 e. The Hall–Kier alpha value is -3.77. The predicted molar refractivity (Wildman–Crippen MR) is 128 cm³/mol. The lowest BCUT2D eigenvalue weighted by Crippen LogP contribution is -2.20. The second-order valence-corrected chi connectivity index (χ2v) is 7.88. The van der Waals surface area contributed by atoms with Crippen LogP contribution in [0.2, 0.25) is 0 Å². The molecule has 0 saturated carbocycles. The van der Waals surface area contributed by atoms with Crippen molar-refractivity contribution in [2.24, 2.45) is 5.10 Å². The Morgan fingerprint density at radius 2 is 1.68 bits per heavy atom. The molecule has 0 unspecified atom stereocenters. The van der Waals surface area contributed by atoms with Crippen molar-refractivity contribution in [3.63, 3.8) is 0 Å². The zero-order valence-electron chi connectivity index (χ0n) is 16.4. The maximum Gasteiger partial charge on any atom is 0.282 e. The Morgan fingerprint density at radius 3 is 2.52 bits per heavy atom.